The van der Waals surface area contributed by atoms with Crippen LogP contribution in [0.25, 0.3) is 0 Å². The maximum absolute atomic E-state index is 12.6. The largest absolute Gasteiger partial charge is 0.347 e. The average Bonchev–Trinajstić information content (AvgIpc) is 3.04. The van der Waals surface area contributed by atoms with E-state index in [-0.39, 0.29) is 24.4 Å². The molecule has 6 nitrogen and oxygen atoms in total. The summed E-state index contributed by atoms with van der Waals surface area (Å²) >= 11 is 0. The van der Waals surface area contributed by atoms with E-state index in [9.17, 15) is 9.59 Å². The highest BCUT2D eigenvalue weighted by Gasteiger charge is 2.31. The molecule has 1 atom stereocenters. The molecule has 2 fully saturated rings. The van der Waals surface area contributed by atoms with Crippen molar-refractivity contribution in [3.8, 4) is 0 Å². The van der Waals surface area contributed by atoms with E-state index in [4.69, 9.17) is 0 Å². The first-order chi connectivity index (χ1) is 10.3. The zero-order chi connectivity index (χ0) is 14.7. The van der Waals surface area contributed by atoms with Crippen LogP contribution >= 0.6 is 0 Å². The van der Waals surface area contributed by atoms with Gasteiger partial charge in [-0.05, 0) is 32.1 Å². The first kappa shape index (κ1) is 14.1. The zero-order valence-corrected chi connectivity index (χ0v) is 12.3. The Morgan fingerprint density at radius 1 is 1.29 bits per heavy atom. The smallest absolute Gasteiger partial charge is 0.242 e. The number of rotatable bonds is 3. The van der Waals surface area contributed by atoms with Crippen LogP contribution in [-0.4, -0.2) is 51.2 Å². The molecule has 2 aliphatic rings. The Kier molecular flexibility index (Phi) is 4.22. The van der Waals surface area contributed by atoms with Crippen molar-refractivity contribution in [2.45, 2.75) is 44.6 Å². The predicted molar refractivity (Wildman–Crippen MR) is 77.3 cm³/mol. The van der Waals surface area contributed by atoms with Gasteiger partial charge < -0.3 is 14.8 Å². The number of nitrogens with one attached hydrogen (secondary N) is 1. The van der Waals surface area contributed by atoms with Crippen molar-refractivity contribution in [3.63, 3.8) is 0 Å². The molecule has 2 saturated heterocycles. The van der Waals surface area contributed by atoms with E-state index in [2.05, 4.69) is 9.97 Å². The van der Waals surface area contributed by atoms with Gasteiger partial charge in [-0.3, -0.25) is 9.59 Å². The predicted octanol–water partition coefficient (Wildman–Crippen LogP) is 1.48. The van der Waals surface area contributed by atoms with Crippen LogP contribution in [0.5, 0.6) is 0 Å². The summed E-state index contributed by atoms with van der Waals surface area (Å²) in [4.78, 5) is 35.5. The van der Waals surface area contributed by atoms with Crippen molar-refractivity contribution in [1.82, 2.24) is 19.8 Å². The van der Waals surface area contributed by atoms with Crippen LogP contribution in [0.15, 0.2) is 12.4 Å². The lowest BCUT2D eigenvalue weighted by Crippen LogP contribution is -2.47. The zero-order valence-electron chi connectivity index (χ0n) is 12.3. The molecule has 0 spiro atoms. The molecule has 0 aliphatic carbocycles. The molecule has 1 aromatic heterocycles. The highest BCUT2D eigenvalue weighted by molar-refractivity contribution is 5.85. The van der Waals surface area contributed by atoms with Gasteiger partial charge in [0.05, 0.1) is 12.6 Å². The minimum absolute atomic E-state index is 0.0288. The van der Waals surface area contributed by atoms with Crippen molar-refractivity contribution < 1.29 is 9.59 Å². The van der Waals surface area contributed by atoms with Gasteiger partial charge in [0.2, 0.25) is 11.8 Å². The topological polar surface area (TPSA) is 69.3 Å². The van der Waals surface area contributed by atoms with Gasteiger partial charge in [-0.2, -0.15) is 0 Å². The molecule has 114 valence electrons. The molecule has 0 bridgehead atoms. The molecule has 6 heteroatoms. The molecule has 2 amide bonds. The number of aromatic amines is 1. The summed E-state index contributed by atoms with van der Waals surface area (Å²) in [6.45, 7) is 1.69. The molecular formula is C15H22N4O2. The number of hydrogen-bond donors (Lipinski definition) is 1. The Labute approximate surface area is 124 Å². The second-order valence-electron chi connectivity index (χ2n) is 5.85. The van der Waals surface area contributed by atoms with E-state index in [1.165, 1.54) is 0 Å². The Balaban J connectivity index is 1.68. The molecule has 2 aliphatic heterocycles. The molecule has 3 heterocycles. The number of imidazole rings is 1. The van der Waals surface area contributed by atoms with Crippen molar-refractivity contribution in [2.75, 3.05) is 19.6 Å². The second kappa shape index (κ2) is 6.28. The van der Waals surface area contributed by atoms with Gasteiger partial charge in [0.1, 0.15) is 5.82 Å². The molecule has 1 N–H and O–H groups in total. The summed E-state index contributed by atoms with van der Waals surface area (Å²) in [6, 6.07) is 0.0288. The Morgan fingerprint density at radius 3 is 2.90 bits per heavy atom. The van der Waals surface area contributed by atoms with E-state index in [1.807, 2.05) is 4.90 Å². The van der Waals surface area contributed by atoms with Crippen LogP contribution in [0, 0.1) is 0 Å². The summed E-state index contributed by atoms with van der Waals surface area (Å²) in [6.07, 6.45) is 9.11. The van der Waals surface area contributed by atoms with Gasteiger partial charge in [-0.25, -0.2) is 4.98 Å². The fourth-order valence-electron chi connectivity index (χ4n) is 3.26. The number of amides is 2. The van der Waals surface area contributed by atoms with E-state index >= 15 is 0 Å². The molecular weight excluding hydrogens is 268 g/mol. The third-order valence-electron chi connectivity index (χ3n) is 4.41. The quantitative estimate of drug-likeness (QED) is 0.916. The Hall–Kier alpha value is -1.85. The Morgan fingerprint density at radius 2 is 2.14 bits per heavy atom. The van der Waals surface area contributed by atoms with Crippen molar-refractivity contribution in [2.24, 2.45) is 0 Å². The normalized spacial score (nSPS) is 23.4. The van der Waals surface area contributed by atoms with Gasteiger partial charge in [-0.15, -0.1) is 0 Å². The molecule has 0 radical (unpaired) electrons. The molecule has 1 aromatic rings. The fraction of sp³-hybridized carbons (Fsp3) is 0.667. The van der Waals surface area contributed by atoms with Crippen molar-refractivity contribution in [1.29, 1.82) is 0 Å². The van der Waals surface area contributed by atoms with E-state index < -0.39 is 0 Å². The standard InChI is InChI=1S/C15H22N4O2/c20-13-6-2-3-9-18(13)11-14(21)19-10-4-1-5-12(19)15-16-7-8-17-15/h7-8,12H,1-6,9-11H2,(H,16,17). The minimum atomic E-state index is 0.0288. The fourth-order valence-corrected chi connectivity index (χ4v) is 3.26. The molecule has 21 heavy (non-hydrogen) atoms. The van der Waals surface area contributed by atoms with Gasteiger partial charge in [0.25, 0.3) is 0 Å². The monoisotopic (exact) mass is 290 g/mol. The number of H-pyrrole nitrogens is 1. The summed E-state index contributed by atoms with van der Waals surface area (Å²) in [5.74, 6) is 1.01. The average molecular weight is 290 g/mol. The van der Waals surface area contributed by atoms with E-state index in [0.717, 1.165) is 44.5 Å². The number of nitrogens with zero attached hydrogens (tertiary/aromatic N) is 3. The molecule has 0 saturated carbocycles. The molecule has 1 unspecified atom stereocenters. The maximum Gasteiger partial charge on any atom is 0.242 e. The highest BCUT2D eigenvalue weighted by Crippen LogP contribution is 2.29. The summed E-state index contributed by atoms with van der Waals surface area (Å²) in [5.41, 5.74) is 0. The first-order valence-electron chi connectivity index (χ1n) is 7.82. The lowest BCUT2D eigenvalue weighted by atomic mass is 10.0. The van der Waals surface area contributed by atoms with Crippen LogP contribution in [0.1, 0.15) is 50.4 Å². The first-order valence-corrected chi connectivity index (χ1v) is 7.82. The Bertz CT molecular complexity index is 500. The highest BCUT2D eigenvalue weighted by atomic mass is 16.2. The van der Waals surface area contributed by atoms with Crippen molar-refractivity contribution >= 4 is 11.8 Å². The van der Waals surface area contributed by atoms with Gasteiger partial charge >= 0.3 is 0 Å². The summed E-state index contributed by atoms with van der Waals surface area (Å²) in [7, 11) is 0. The van der Waals surface area contributed by atoms with Crippen molar-refractivity contribution in [3.05, 3.63) is 18.2 Å². The van der Waals surface area contributed by atoms with Crippen LogP contribution in [0.3, 0.4) is 0 Å². The lowest BCUT2D eigenvalue weighted by Gasteiger charge is -2.36. The van der Waals surface area contributed by atoms with Crippen LogP contribution in [0.4, 0.5) is 0 Å². The minimum Gasteiger partial charge on any atom is -0.347 e. The van der Waals surface area contributed by atoms with Crippen LogP contribution in [-0.2, 0) is 9.59 Å². The second-order valence-corrected chi connectivity index (χ2v) is 5.85. The number of carbonyl (C=O) groups excluding carboxylic acids is 2. The third kappa shape index (κ3) is 3.09. The van der Waals surface area contributed by atoms with E-state index in [1.54, 1.807) is 17.3 Å². The SMILES string of the molecule is O=C1CCCCN1CC(=O)N1CCCCC1c1ncc[nH]1. The number of likely N-dealkylation sites (tertiary alicyclic amines) is 2. The molecule has 3 rings (SSSR count). The number of hydrogen-bond acceptors (Lipinski definition) is 3. The molecule has 0 aromatic carbocycles. The maximum atomic E-state index is 12.6. The van der Waals surface area contributed by atoms with Crippen LogP contribution < -0.4 is 0 Å². The lowest BCUT2D eigenvalue weighted by molar-refractivity contribution is -0.144. The number of piperidine rings is 2. The van der Waals surface area contributed by atoms with Gasteiger partial charge in [-0.1, -0.05) is 0 Å². The van der Waals surface area contributed by atoms with Gasteiger partial charge in [0, 0.05) is 31.9 Å². The number of aromatic nitrogens is 2. The summed E-state index contributed by atoms with van der Waals surface area (Å²) in [5, 5.41) is 0. The van der Waals surface area contributed by atoms with Crippen LogP contribution in [0.2, 0.25) is 0 Å². The third-order valence-corrected chi connectivity index (χ3v) is 4.41. The van der Waals surface area contributed by atoms with Gasteiger partial charge in [0.15, 0.2) is 0 Å². The summed E-state index contributed by atoms with van der Waals surface area (Å²) < 4.78 is 0. The van der Waals surface area contributed by atoms with E-state index in [0.29, 0.717) is 13.0 Å². The number of carbonyl (C=O) groups is 2.